The van der Waals surface area contributed by atoms with E-state index in [0.717, 1.165) is 37.7 Å². The fourth-order valence-electron chi connectivity index (χ4n) is 4.23. The average Bonchev–Trinajstić information content (AvgIpc) is 3.15. The number of benzene rings is 2. The van der Waals surface area contributed by atoms with Gasteiger partial charge in [-0.2, -0.15) is 0 Å². The number of allylic oxidation sites excluding steroid dienone is 1. The Balaban J connectivity index is 1.74. The highest BCUT2D eigenvalue weighted by atomic mass is 79.9. The molecule has 2 aromatic carbocycles. The molecule has 5 nitrogen and oxygen atoms in total. The standard InChI is InChI=1S/C26H28BrNO4/c1-5-30-24-12-25-22(23(15-31-25)19-7-6-8-20(27)10-19)11-21(24)16(2)9-26(29)28-13-17(3)32-18(4)14-28/h6-12,15,17-18H,5,13-14H2,1-4H3/b16-9+. The van der Waals surface area contributed by atoms with Gasteiger partial charge in [0.05, 0.1) is 25.1 Å². The van der Waals surface area contributed by atoms with Gasteiger partial charge < -0.3 is 18.8 Å². The molecule has 2 heterocycles. The summed E-state index contributed by atoms with van der Waals surface area (Å²) in [6.45, 7) is 9.61. The summed E-state index contributed by atoms with van der Waals surface area (Å²) < 4.78 is 18.5. The maximum atomic E-state index is 13.0. The summed E-state index contributed by atoms with van der Waals surface area (Å²) in [5.74, 6) is 0.701. The molecule has 168 valence electrons. The van der Waals surface area contributed by atoms with Crippen molar-refractivity contribution in [2.45, 2.75) is 39.9 Å². The first kappa shape index (κ1) is 22.6. The van der Waals surface area contributed by atoms with Gasteiger partial charge >= 0.3 is 0 Å². The Morgan fingerprint density at radius 2 is 1.97 bits per heavy atom. The van der Waals surface area contributed by atoms with Crippen molar-refractivity contribution >= 4 is 38.4 Å². The first-order valence-electron chi connectivity index (χ1n) is 10.9. The number of fused-ring (bicyclic) bond motifs is 1. The van der Waals surface area contributed by atoms with Crippen molar-refractivity contribution in [1.29, 1.82) is 0 Å². The third kappa shape index (κ3) is 4.76. The number of halogens is 1. The van der Waals surface area contributed by atoms with Crippen LogP contribution in [0.5, 0.6) is 5.75 Å². The van der Waals surface area contributed by atoms with Crippen LogP contribution in [0.15, 0.2) is 57.6 Å². The van der Waals surface area contributed by atoms with Gasteiger partial charge in [0.2, 0.25) is 5.91 Å². The van der Waals surface area contributed by atoms with Crippen molar-refractivity contribution in [3.05, 3.63) is 58.8 Å². The zero-order chi connectivity index (χ0) is 22.8. The Labute approximate surface area is 197 Å². The maximum Gasteiger partial charge on any atom is 0.247 e. The van der Waals surface area contributed by atoms with Crippen molar-refractivity contribution in [2.75, 3.05) is 19.7 Å². The van der Waals surface area contributed by atoms with Gasteiger partial charge in [-0.25, -0.2) is 0 Å². The summed E-state index contributed by atoms with van der Waals surface area (Å²) in [7, 11) is 0. The first-order valence-corrected chi connectivity index (χ1v) is 11.7. The van der Waals surface area contributed by atoms with Gasteiger partial charge in [-0.3, -0.25) is 4.79 Å². The van der Waals surface area contributed by atoms with Gasteiger partial charge in [0.15, 0.2) is 0 Å². The minimum atomic E-state index is -0.00791. The Hall–Kier alpha value is -2.57. The Kier molecular flexibility index (Phi) is 6.72. The van der Waals surface area contributed by atoms with Gasteiger partial charge in [0.1, 0.15) is 11.3 Å². The lowest BCUT2D eigenvalue weighted by Gasteiger charge is -2.34. The molecule has 1 fully saturated rings. The highest BCUT2D eigenvalue weighted by Crippen LogP contribution is 2.38. The van der Waals surface area contributed by atoms with Crippen molar-refractivity contribution in [3.63, 3.8) is 0 Å². The van der Waals surface area contributed by atoms with Crippen LogP contribution in [0.4, 0.5) is 0 Å². The quantitative estimate of drug-likeness (QED) is 0.388. The van der Waals surface area contributed by atoms with E-state index in [4.69, 9.17) is 13.9 Å². The topological polar surface area (TPSA) is 51.9 Å². The molecule has 0 aliphatic carbocycles. The van der Waals surface area contributed by atoms with E-state index in [0.29, 0.717) is 25.4 Å². The number of hydrogen-bond acceptors (Lipinski definition) is 4. The summed E-state index contributed by atoms with van der Waals surface area (Å²) >= 11 is 3.54. The maximum absolute atomic E-state index is 13.0. The van der Waals surface area contributed by atoms with Crippen LogP contribution in [0.2, 0.25) is 0 Å². The van der Waals surface area contributed by atoms with E-state index in [1.54, 1.807) is 12.3 Å². The van der Waals surface area contributed by atoms with Crippen LogP contribution < -0.4 is 4.74 Å². The van der Waals surface area contributed by atoms with E-state index < -0.39 is 0 Å². The normalized spacial score (nSPS) is 19.4. The molecule has 0 N–H and O–H groups in total. The SMILES string of the molecule is CCOc1cc2occ(-c3cccc(Br)c3)c2cc1/C(C)=C/C(=O)N1CC(C)OC(C)C1. The molecule has 1 aliphatic heterocycles. The van der Waals surface area contributed by atoms with Crippen molar-refractivity contribution in [2.24, 2.45) is 0 Å². The fourth-order valence-corrected chi connectivity index (χ4v) is 4.63. The molecule has 6 heteroatoms. The molecule has 2 atom stereocenters. The molecule has 1 aromatic heterocycles. The Morgan fingerprint density at radius 3 is 2.66 bits per heavy atom. The molecule has 0 spiro atoms. The molecule has 1 amide bonds. The number of rotatable bonds is 5. The van der Waals surface area contributed by atoms with Crippen LogP contribution in [-0.4, -0.2) is 42.7 Å². The number of carbonyl (C=O) groups excluding carboxylic acids is 1. The molecular formula is C26H28BrNO4. The fraction of sp³-hybridized carbons (Fsp3) is 0.346. The molecule has 3 aromatic rings. The summed E-state index contributed by atoms with van der Waals surface area (Å²) in [5, 5.41) is 0.982. The van der Waals surface area contributed by atoms with Gasteiger partial charge in [0.25, 0.3) is 0 Å². The van der Waals surface area contributed by atoms with Crippen LogP contribution in [0.3, 0.4) is 0 Å². The first-order chi connectivity index (χ1) is 15.4. The molecule has 4 rings (SSSR count). The predicted octanol–water partition coefficient (Wildman–Crippen LogP) is 6.30. The molecule has 2 unspecified atom stereocenters. The predicted molar refractivity (Wildman–Crippen MR) is 131 cm³/mol. The molecule has 1 aliphatic rings. The highest BCUT2D eigenvalue weighted by Gasteiger charge is 2.25. The Bertz CT molecular complexity index is 1160. The smallest absolute Gasteiger partial charge is 0.247 e. The van der Waals surface area contributed by atoms with E-state index in [1.807, 2.05) is 50.8 Å². The highest BCUT2D eigenvalue weighted by molar-refractivity contribution is 9.10. The number of nitrogens with zero attached hydrogens (tertiary/aromatic N) is 1. The summed E-state index contributed by atoms with van der Waals surface area (Å²) in [5.41, 5.74) is 4.55. The molecule has 32 heavy (non-hydrogen) atoms. The second-order valence-corrected chi connectivity index (χ2v) is 9.18. The average molecular weight is 498 g/mol. The van der Waals surface area contributed by atoms with Gasteiger partial charge in [0, 0.05) is 46.2 Å². The van der Waals surface area contributed by atoms with E-state index in [1.165, 1.54) is 0 Å². The molecule has 0 radical (unpaired) electrons. The minimum Gasteiger partial charge on any atom is -0.493 e. The van der Waals surface area contributed by atoms with Crippen LogP contribution >= 0.6 is 15.9 Å². The lowest BCUT2D eigenvalue weighted by atomic mass is 9.99. The van der Waals surface area contributed by atoms with E-state index >= 15 is 0 Å². The summed E-state index contributed by atoms with van der Waals surface area (Å²) in [6.07, 6.45) is 3.54. The van der Waals surface area contributed by atoms with Gasteiger partial charge in [-0.1, -0.05) is 28.1 Å². The van der Waals surface area contributed by atoms with E-state index in [-0.39, 0.29) is 18.1 Å². The number of ether oxygens (including phenoxy) is 2. The monoisotopic (exact) mass is 497 g/mol. The van der Waals surface area contributed by atoms with Crippen molar-refractivity contribution < 1.29 is 18.7 Å². The summed E-state index contributed by atoms with van der Waals surface area (Å²) in [4.78, 5) is 14.9. The number of amides is 1. The van der Waals surface area contributed by atoms with E-state index in [9.17, 15) is 4.79 Å². The van der Waals surface area contributed by atoms with Gasteiger partial charge in [-0.15, -0.1) is 0 Å². The van der Waals surface area contributed by atoms with Crippen molar-refractivity contribution in [3.8, 4) is 16.9 Å². The van der Waals surface area contributed by atoms with Crippen LogP contribution in [0.25, 0.3) is 27.7 Å². The second-order valence-electron chi connectivity index (χ2n) is 8.27. The number of carbonyl (C=O) groups is 1. The molecular weight excluding hydrogens is 470 g/mol. The zero-order valence-corrected chi connectivity index (χ0v) is 20.4. The van der Waals surface area contributed by atoms with E-state index in [2.05, 4.69) is 34.1 Å². The van der Waals surface area contributed by atoms with Gasteiger partial charge in [-0.05, 0) is 57.0 Å². The lowest BCUT2D eigenvalue weighted by molar-refractivity contribution is -0.137. The number of morpholine rings is 1. The molecule has 0 bridgehead atoms. The van der Waals surface area contributed by atoms with Crippen LogP contribution in [-0.2, 0) is 9.53 Å². The lowest BCUT2D eigenvalue weighted by Crippen LogP contribution is -2.47. The zero-order valence-electron chi connectivity index (χ0n) is 18.9. The van der Waals surface area contributed by atoms with Crippen molar-refractivity contribution in [1.82, 2.24) is 4.90 Å². The third-order valence-corrected chi connectivity index (χ3v) is 6.10. The minimum absolute atomic E-state index is 0.00791. The third-order valence-electron chi connectivity index (χ3n) is 5.61. The molecule has 1 saturated heterocycles. The Morgan fingerprint density at radius 1 is 1.22 bits per heavy atom. The number of hydrogen-bond donors (Lipinski definition) is 0. The largest absolute Gasteiger partial charge is 0.493 e. The number of furan rings is 1. The van der Waals surface area contributed by atoms with Crippen LogP contribution in [0, 0.1) is 0 Å². The molecule has 0 saturated carbocycles. The second kappa shape index (κ2) is 9.51. The summed E-state index contributed by atoms with van der Waals surface area (Å²) in [6, 6.07) is 12.1. The van der Waals surface area contributed by atoms with Crippen LogP contribution in [0.1, 0.15) is 33.3 Å².